The molecule has 4 rings (SSSR count). The molecule has 188 valence electrons. The minimum Gasteiger partial charge on any atom is -0.377 e. The summed E-state index contributed by atoms with van der Waals surface area (Å²) in [7, 11) is 0. The molecule has 2 amide bonds. The van der Waals surface area contributed by atoms with Gasteiger partial charge in [0.25, 0.3) is 0 Å². The molecule has 1 aromatic carbocycles. The quantitative estimate of drug-likeness (QED) is 0.475. The van der Waals surface area contributed by atoms with Crippen LogP contribution in [0.1, 0.15) is 39.0 Å². The van der Waals surface area contributed by atoms with Gasteiger partial charge in [-0.15, -0.1) is 0 Å². The Labute approximate surface area is 206 Å². The van der Waals surface area contributed by atoms with Gasteiger partial charge < -0.3 is 19.8 Å². The molecule has 3 heterocycles. The van der Waals surface area contributed by atoms with Crippen molar-refractivity contribution in [2.24, 2.45) is 0 Å². The van der Waals surface area contributed by atoms with E-state index in [-0.39, 0.29) is 19.1 Å². The number of hydrogen-bond donors (Lipinski definition) is 1. The number of carbonyl (C=O) groups is 2. The zero-order valence-electron chi connectivity index (χ0n) is 20.9. The van der Waals surface area contributed by atoms with Crippen LogP contribution in [-0.4, -0.2) is 77.4 Å². The second-order valence-corrected chi connectivity index (χ2v) is 9.13. The third-order valence-electron chi connectivity index (χ3n) is 6.52. The average Bonchev–Trinajstić information content (AvgIpc) is 2.87. The Morgan fingerprint density at radius 3 is 2.71 bits per heavy atom. The Kier molecular flexibility index (Phi) is 7.82. The van der Waals surface area contributed by atoms with Crippen LogP contribution >= 0.6 is 0 Å². The van der Waals surface area contributed by atoms with Crippen molar-refractivity contribution in [1.82, 2.24) is 19.9 Å². The van der Waals surface area contributed by atoms with Crippen molar-refractivity contribution in [3.8, 4) is 11.4 Å². The molecule has 2 aliphatic heterocycles. The molecular formula is C25H34N6O4. The Bertz CT molecular complexity index is 1040. The highest BCUT2D eigenvalue weighted by molar-refractivity contribution is 5.89. The zero-order valence-corrected chi connectivity index (χ0v) is 20.9. The molecule has 10 nitrogen and oxygen atoms in total. The molecule has 1 unspecified atom stereocenters. The Morgan fingerprint density at radius 2 is 2.06 bits per heavy atom. The number of amides is 2. The molecule has 1 atom stereocenters. The third-order valence-corrected chi connectivity index (χ3v) is 6.52. The van der Waals surface area contributed by atoms with Crippen molar-refractivity contribution >= 4 is 24.0 Å². The normalized spacial score (nSPS) is 18.2. The largest absolute Gasteiger partial charge is 0.377 e. The fraction of sp³-hybridized carbons (Fsp3) is 0.520. The number of nitrogens with zero attached hydrogens (tertiary/aromatic N) is 5. The third kappa shape index (κ3) is 5.54. The summed E-state index contributed by atoms with van der Waals surface area (Å²) >= 11 is 0. The van der Waals surface area contributed by atoms with Crippen LogP contribution in [0.4, 0.5) is 16.3 Å². The van der Waals surface area contributed by atoms with Crippen LogP contribution in [-0.2, 0) is 27.3 Å². The summed E-state index contributed by atoms with van der Waals surface area (Å²) in [6, 6.07) is 7.54. The van der Waals surface area contributed by atoms with Crippen LogP contribution in [0.5, 0.6) is 0 Å². The fourth-order valence-electron chi connectivity index (χ4n) is 4.49. The van der Waals surface area contributed by atoms with Crippen molar-refractivity contribution in [3.63, 3.8) is 0 Å². The van der Waals surface area contributed by atoms with Crippen molar-refractivity contribution < 1.29 is 19.2 Å². The molecule has 0 spiro atoms. The highest BCUT2D eigenvalue weighted by Crippen LogP contribution is 2.32. The van der Waals surface area contributed by atoms with E-state index in [2.05, 4.69) is 40.7 Å². The van der Waals surface area contributed by atoms with Gasteiger partial charge in [0.05, 0.1) is 31.5 Å². The molecule has 1 N–H and O–H groups in total. The SMILES string of the molecule is CCN(OC=O)C(=O)Nc1ccc(-c2nc3c(c(N4CCOCC4C)n2)CCN(C(C)C)C3)cc1. The van der Waals surface area contributed by atoms with Crippen LogP contribution in [0.3, 0.4) is 0 Å². The standard InChI is InChI=1S/C25H34N6O4/c1-5-31(35-16-32)25(33)26-20-8-6-19(7-9-20)23-27-22-14-29(17(2)3)11-10-21(22)24(28-23)30-12-13-34-15-18(30)4/h6-9,16-18H,5,10-15H2,1-4H3,(H,26,33). The first kappa shape index (κ1) is 24.9. The van der Waals surface area contributed by atoms with E-state index >= 15 is 0 Å². The van der Waals surface area contributed by atoms with Crippen LogP contribution in [0.25, 0.3) is 11.4 Å². The van der Waals surface area contributed by atoms with Gasteiger partial charge in [-0.1, -0.05) is 0 Å². The maximum atomic E-state index is 12.3. The number of nitrogens with one attached hydrogen (secondary N) is 1. The van der Waals surface area contributed by atoms with E-state index in [9.17, 15) is 9.59 Å². The molecule has 0 bridgehead atoms. The van der Waals surface area contributed by atoms with Gasteiger partial charge in [0.1, 0.15) is 5.82 Å². The molecular weight excluding hydrogens is 448 g/mol. The highest BCUT2D eigenvalue weighted by Gasteiger charge is 2.29. The number of morpholine rings is 1. The number of fused-ring (bicyclic) bond motifs is 1. The first-order valence-electron chi connectivity index (χ1n) is 12.2. The van der Waals surface area contributed by atoms with E-state index in [0.29, 0.717) is 30.8 Å². The van der Waals surface area contributed by atoms with E-state index < -0.39 is 6.03 Å². The van der Waals surface area contributed by atoms with Gasteiger partial charge >= 0.3 is 12.5 Å². The van der Waals surface area contributed by atoms with Gasteiger partial charge in [-0.2, -0.15) is 5.06 Å². The van der Waals surface area contributed by atoms with Crippen LogP contribution in [0.2, 0.25) is 0 Å². The lowest BCUT2D eigenvalue weighted by Gasteiger charge is -2.38. The molecule has 1 fully saturated rings. The van der Waals surface area contributed by atoms with Gasteiger partial charge in [-0.25, -0.2) is 14.8 Å². The summed E-state index contributed by atoms with van der Waals surface area (Å²) in [5, 5.41) is 3.68. The van der Waals surface area contributed by atoms with E-state index in [0.717, 1.165) is 48.2 Å². The van der Waals surface area contributed by atoms with E-state index in [1.807, 2.05) is 12.1 Å². The van der Waals surface area contributed by atoms with Crippen LogP contribution in [0, 0.1) is 0 Å². The molecule has 0 saturated carbocycles. The molecule has 1 saturated heterocycles. The zero-order chi connectivity index (χ0) is 24.9. The minimum absolute atomic E-state index is 0.229. The van der Waals surface area contributed by atoms with Gasteiger partial charge in [-0.3, -0.25) is 9.69 Å². The number of ether oxygens (including phenoxy) is 1. The van der Waals surface area contributed by atoms with Crippen LogP contribution in [0.15, 0.2) is 24.3 Å². The first-order valence-corrected chi connectivity index (χ1v) is 12.2. The summed E-state index contributed by atoms with van der Waals surface area (Å²) in [6.07, 6.45) is 0.926. The van der Waals surface area contributed by atoms with Crippen LogP contribution < -0.4 is 10.2 Å². The minimum atomic E-state index is -0.519. The van der Waals surface area contributed by atoms with E-state index in [1.165, 1.54) is 5.56 Å². The number of rotatable bonds is 7. The Balaban J connectivity index is 1.64. The lowest BCUT2D eigenvalue weighted by Crippen LogP contribution is -2.45. The smallest absolute Gasteiger partial charge is 0.355 e. The molecule has 2 aromatic rings. The molecule has 10 heteroatoms. The van der Waals surface area contributed by atoms with E-state index in [1.54, 1.807) is 19.1 Å². The second-order valence-electron chi connectivity index (χ2n) is 9.13. The van der Waals surface area contributed by atoms with Crippen molar-refractivity contribution in [2.75, 3.05) is 43.1 Å². The molecule has 0 aliphatic carbocycles. The number of carbonyl (C=O) groups excluding carboxylic acids is 2. The van der Waals surface area contributed by atoms with Crippen molar-refractivity contribution in [3.05, 3.63) is 35.5 Å². The number of hydrogen-bond acceptors (Lipinski definition) is 8. The number of urea groups is 1. The number of aromatic nitrogens is 2. The number of benzene rings is 1. The maximum absolute atomic E-state index is 12.3. The summed E-state index contributed by atoms with van der Waals surface area (Å²) < 4.78 is 5.67. The van der Waals surface area contributed by atoms with Gasteiger partial charge in [0, 0.05) is 42.5 Å². The Morgan fingerprint density at radius 1 is 1.29 bits per heavy atom. The highest BCUT2D eigenvalue weighted by atomic mass is 16.7. The predicted molar refractivity (Wildman–Crippen MR) is 133 cm³/mol. The number of anilines is 2. The van der Waals surface area contributed by atoms with Crippen molar-refractivity contribution in [2.45, 2.75) is 52.7 Å². The van der Waals surface area contributed by atoms with Gasteiger partial charge in [0.2, 0.25) is 0 Å². The molecule has 1 aromatic heterocycles. The Hall–Kier alpha value is -3.24. The van der Waals surface area contributed by atoms with Gasteiger partial charge in [-0.05, 0) is 58.4 Å². The lowest BCUT2D eigenvalue weighted by atomic mass is 10.0. The molecule has 35 heavy (non-hydrogen) atoms. The van der Waals surface area contributed by atoms with E-state index in [4.69, 9.17) is 14.7 Å². The lowest BCUT2D eigenvalue weighted by molar-refractivity contribution is -0.158. The monoisotopic (exact) mass is 482 g/mol. The number of hydroxylamine groups is 2. The topological polar surface area (TPSA) is 100 Å². The summed E-state index contributed by atoms with van der Waals surface area (Å²) in [5.74, 6) is 1.67. The van der Waals surface area contributed by atoms with Gasteiger partial charge in [0.15, 0.2) is 5.82 Å². The fourth-order valence-corrected chi connectivity index (χ4v) is 4.49. The summed E-state index contributed by atoms with van der Waals surface area (Å²) in [5.41, 5.74) is 3.76. The predicted octanol–water partition coefficient (Wildman–Crippen LogP) is 3.08. The molecule has 2 aliphatic rings. The first-order chi connectivity index (χ1) is 16.9. The average molecular weight is 483 g/mol. The second kappa shape index (κ2) is 11.0. The maximum Gasteiger partial charge on any atom is 0.355 e. The summed E-state index contributed by atoms with van der Waals surface area (Å²) in [4.78, 5) is 42.3. The summed E-state index contributed by atoms with van der Waals surface area (Å²) in [6.45, 7) is 12.7. The molecule has 0 radical (unpaired) electrons. The van der Waals surface area contributed by atoms with Crippen molar-refractivity contribution in [1.29, 1.82) is 0 Å².